The summed E-state index contributed by atoms with van der Waals surface area (Å²) in [5, 5.41) is 13.4. The van der Waals surface area contributed by atoms with Crippen LogP contribution in [0.3, 0.4) is 0 Å². The monoisotopic (exact) mass is 442 g/mol. The second-order valence-electron chi connectivity index (χ2n) is 7.94. The molecule has 1 saturated heterocycles. The van der Waals surface area contributed by atoms with E-state index in [1.807, 2.05) is 66.7 Å². The van der Waals surface area contributed by atoms with E-state index in [9.17, 15) is 4.79 Å². The molecule has 2 heterocycles. The number of nitriles is 1. The van der Waals surface area contributed by atoms with Gasteiger partial charge in [0.05, 0.1) is 12.1 Å². The number of carbonyl (C=O) groups is 1. The minimum absolute atomic E-state index is 0.0155. The molecule has 1 atom stereocenters. The van der Waals surface area contributed by atoms with E-state index in [-0.39, 0.29) is 17.4 Å². The van der Waals surface area contributed by atoms with Gasteiger partial charge in [0.2, 0.25) is 0 Å². The lowest BCUT2D eigenvalue weighted by Crippen LogP contribution is -2.37. The van der Waals surface area contributed by atoms with Gasteiger partial charge in [0, 0.05) is 24.7 Å². The largest absolute Gasteiger partial charge is 0.457 e. The number of benzene rings is 2. The number of nitrogens with zero attached hydrogens (tertiary/aromatic N) is 4. The lowest BCUT2D eigenvalue weighted by Gasteiger charge is -2.32. The zero-order valence-electron chi connectivity index (χ0n) is 18.2. The van der Waals surface area contributed by atoms with Crippen LogP contribution in [0.1, 0.15) is 29.2 Å². The van der Waals surface area contributed by atoms with Crippen LogP contribution in [0, 0.1) is 11.3 Å². The van der Waals surface area contributed by atoms with Crippen LogP contribution in [0.15, 0.2) is 66.7 Å². The van der Waals surface area contributed by atoms with Crippen LogP contribution < -0.4 is 16.2 Å². The van der Waals surface area contributed by atoms with Crippen LogP contribution in [0.2, 0.25) is 0 Å². The van der Waals surface area contributed by atoms with Gasteiger partial charge in [-0.25, -0.2) is 4.68 Å². The van der Waals surface area contributed by atoms with Crippen LogP contribution in [-0.4, -0.2) is 40.2 Å². The molecule has 1 amide bonds. The number of ether oxygens (including phenoxy) is 1. The predicted octanol–water partition coefficient (Wildman–Crippen LogP) is 3.74. The van der Waals surface area contributed by atoms with E-state index in [1.165, 1.54) is 6.08 Å². The molecule has 1 aromatic heterocycles. The van der Waals surface area contributed by atoms with Crippen molar-refractivity contribution in [3.63, 3.8) is 0 Å². The molecule has 0 saturated carbocycles. The Balaban J connectivity index is 1.59. The van der Waals surface area contributed by atoms with Crippen molar-refractivity contribution in [3.05, 3.63) is 72.3 Å². The number of rotatable bonds is 7. The summed E-state index contributed by atoms with van der Waals surface area (Å²) in [5.41, 5.74) is 13.5. The fourth-order valence-corrected chi connectivity index (χ4v) is 4.13. The number of primary amides is 1. The zero-order valence-corrected chi connectivity index (χ0v) is 18.2. The number of nitrogens with two attached hydrogens (primary N) is 2. The number of likely N-dealkylation sites (tertiary alicyclic amines) is 1. The Labute approximate surface area is 192 Å². The van der Waals surface area contributed by atoms with Gasteiger partial charge in [-0.2, -0.15) is 10.4 Å². The van der Waals surface area contributed by atoms with Gasteiger partial charge in [-0.05, 0) is 55.8 Å². The minimum atomic E-state index is -0.608. The van der Waals surface area contributed by atoms with Crippen LogP contribution in [0.4, 0.5) is 5.82 Å². The summed E-state index contributed by atoms with van der Waals surface area (Å²) in [5.74, 6) is 1.08. The summed E-state index contributed by atoms with van der Waals surface area (Å²) in [6, 6.07) is 18.9. The maximum Gasteiger partial charge on any atom is 0.254 e. The molecule has 1 aliphatic rings. The number of anilines is 1. The molecule has 1 aliphatic heterocycles. The molecule has 8 heteroatoms. The Bertz CT molecular complexity index is 1180. The molecule has 0 bridgehead atoms. The molecule has 0 radical (unpaired) electrons. The normalized spacial score (nSPS) is 16.5. The Kier molecular flexibility index (Phi) is 6.72. The fraction of sp³-hybridized carbons (Fsp3) is 0.240. The number of carbonyl (C=O) groups excluding carboxylic acids is 1. The predicted molar refractivity (Wildman–Crippen MR) is 127 cm³/mol. The molecule has 33 heavy (non-hydrogen) atoms. The number of nitrogen functional groups attached to an aromatic ring is 1. The molecule has 0 spiro atoms. The SMILES string of the molecule is N#C/C=C/CN1CCCC(n2nc(-c3ccc(Oc4ccccc4)cc3)c(C(N)=O)c2N)C1. The zero-order chi connectivity index (χ0) is 23.2. The third-order valence-electron chi connectivity index (χ3n) is 5.68. The van der Waals surface area contributed by atoms with E-state index in [2.05, 4.69) is 4.90 Å². The summed E-state index contributed by atoms with van der Waals surface area (Å²) < 4.78 is 7.58. The lowest BCUT2D eigenvalue weighted by molar-refractivity contribution is 0.100. The number of hydrogen-bond donors (Lipinski definition) is 2. The van der Waals surface area contributed by atoms with Gasteiger partial charge < -0.3 is 16.2 Å². The third-order valence-corrected chi connectivity index (χ3v) is 5.68. The average molecular weight is 443 g/mol. The number of piperidine rings is 1. The number of amides is 1. The van der Waals surface area contributed by atoms with Crippen LogP contribution in [0.5, 0.6) is 11.5 Å². The van der Waals surface area contributed by atoms with Gasteiger partial charge in [-0.3, -0.25) is 9.69 Å². The van der Waals surface area contributed by atoms with Crippen molar-refractivity contribution in [2.45, 2.75) is 18.9 Å². The summed E-state index contributed by atoms with van der Waals surface area (Å²) in [7, 11) is 0. The second-order valence-corrected chi connectivity index (χ2v) is 7.94. The van der Waals surface area contributed by atoms with Gasteiger partial charge in [0.15, 0.2) is 0 Å². The minimum Gasteiger partial charge on any atom is -0.457 e. The standard InChI is InChI=1S/C25H26N6O2/c26-14-4-5-15-30-16-6-7-19(17-30)31-24(27)22(25(28)32)23(29-31)18-10-12-21(13-11-18)33-20-8-2-1-3-9-20/h1-5,8-13,19H,6-7,15-17,27H2,(H2,28,32)/b5-4+. The van der Waals surface area contributed by atoms with Crippen molar-refractivity contribution in [2.75, 3.05) is 25.4 Å². The first-order chi connectivity index (χ1) is 16.1. The summed E-state index contributed by atoms with van der Waals surface area (Å²) in [6.07, 6.45) is 5.19. The number of para-hydroxylation sites is 1. The molecular formula is C25H26N6O2. The fourth-order valence-electron chi connectivity index (χ4n) is 4.13. The first kappa shape index (κ1) is 22.1. The Hall–Kier alpha value is -4.09. The molecular weight excluding hydrogens is 416 g/mol. The molecule has 2 aromatic carbocycles. The quantitative estimate of drug-likeness (QED) is 0.537. The van der Waals surface area contributed by atoms with Crippen LogP contribution >= 0.6 is 0 Å². The van der Waals surface area contributed by atoms with Crippen molar-refractivity contribution in [1.29, 1.82) is 5.26 Å². The van der Waals surface area contributed by atoms with Crippen LogP contribution in [0.25, 0.3) is 11.3 Å². The molecule has 4 rings (SSSR count). The van der Waals surface area contributed by atoms with E-state index in [0.29, 0.717) is 18.0 Å². The van der Waals surface area contributed by atoms with E-state index < -0.39 is 5.91 Å². The summed E-state index contributed by atoms with van der Waals surface area (Å²) in [6.45, 7) is 2.35. The Morgan fingerprint density at radius 3 is 2.61 bits per heavy atom. The molecule has 4 N–H and O–H groups in total. The van der Waals surface area contributed by atoms with Crippen molar-refractivity contribution < 1.29 is 9.53 Å². The van der Waals surface area contributed by atoms with Gasteiger partial charge in [0.1, 0.15) is 28.6 Å². The number of hydrogen-bond acceptors (Lipinski definition) is 6. The second kappa shape index (κ2) is 10.0. The molecule has 3 aromatic rings. The van der Waals surface area contributed by atoms with Gasteiger partial charge in [0.25, 0.3) is 5.91 Å². The van der Waals surface area contributed by atoms with Crippen molar-refractivity contribution in [2.24, 2.45) is 5.73 Å². The van der Waals surface area contributed by atoms with Crippen molar-refractivity contribution >= 4 is 11.7 Å². The molecule has 8 nitrogen and oxygen atoms in total. The van der Waals surface area contributed by atoms with Crippen molar-refractivity contribution in [1.82, 2.24) is 14.7 Å². The molecule has 1 fully saturated rings. The number of aromatic nitrogens is 2. The van der Waals surface area contributed by atoms with Gasteiger partial charge >= 0.3 is 0 Å². The first-order valence-corrected chi connectivity index (χ1v) is 10.8. The maximum absolute atomic E-state index is 12.3. The van der Waals surface area contributed by atoms with Crippen molar-refractivity contribution in [3.8, 4) is 28.8 Å². The maximum atomic E-state index is 12.3. The highest BCUT2D eigenvalue weighted by molar-refractivity contribution is 6.03. The molecule has 0 aliphatic carbocycles. The molecule has 168 valence electrons. The van der Waals surface area contributed by atoms with Crippen LogP contribution in [-0.2, 0) is 0 Å². The third kappa shape index (κ3) is 5.05. The molecule has 1 unspecified atom stereocenters. The highest BCUT2D eigenvalue weighted by Gasteiger charge is 2.28. The van der Waals surface area contributed by atoms with E-state index in [4.69, 9.17) is 26.6 Å². The smallest absolute Gasteiger partial charge is 0.254 e. The van der Waals surface area contributed by atoms with E-state index >= 15 is 0 Å². The Morgan fingerprint density at radius 2 is 1.91 bits per heavy atom. The highest BCUT2D eigenvalue weighted by Crippen LogP contribution is 2.33. The lowest BCUT2D eigenvalue weighted by atomic mass is 10.1. The summed E-state index contributed by atoms with van der Waals surface area (Å²) in [4.78, 5) is 14.5. The van der Waals surface area contributed by atoms with E-state index in [0.717, 1.165) is 37.2 Å². The van der Waals surface area contributed by atoms with Gasteiger partial charge in [-0.1, -0.05) is 24.3 Å². The van der Waals surface area contributed by atoms with Gasteiger partial charge in [-0.15, -0.1) is 0 Å². The highest BCUT2D eigenvalue weighted by atomic mass is 16.5. The average Bonchev–Trinajstić information content (AvgIpc) is 3.18. The first-order valence-electron chi connectivity index (χ1n) is 10.8. The number of allylic oxidation sites excluding steroid dienone is 1. The Morgan fingerprint density at radius 1 is 1.18 bits per heavy atom. The van der Waals surface area contributed by atoms with E-state index in [1.54, 1.807) is 4.68 Å². The summed E-state index contributed by atoms with van der Waals surface area (Å²) >= 11 is 0. The topological polar surface area (TPSA) is 123 Å².